The third-order valence-corrected chi connectivity index (χ3v) is 2.70. The van der Waals surface area contributed by atoms with E-state index in [9.17, 15) is 9.59 Å². The number of H-pyrrole nitrogens is 2. The summed E-state index contributed by atoms with van der Waals surface area (Å²) < 4.78 is 1.45. The second-order valence-electron chi connectivity index (χ2n) is 4.12. The van der Waals surface area contributed by atoms with E-state index in [1.165, 1.54) is 4.57 Å². The average molecular weight is 252 g/mol. The molecule has 98 valence electrons. The molecule has 0 atom stereocenters. The van der Waals surface area contributed by atoms with E-state index in [0.29, 0.717) is 36.4 Å². The number of aromatic amines is 2. The van der Waals surface area contributed by atoms with Gasteiger partial charge in [-0.05, 0) is 12.8 Å². The van der Waals surface area contributed by atoms with E-state index >= 15 is 0 Å². The first-order chi connectivity index (χ1) is 8.67. The molecule has 2 rings (SSSR count). The van der Waals surface area contributed by atoms with Crippen molar-refractivity contribution in [3.63, 3.8) is 0 Å². The van der Waals surface area contributed by atoms with E-state index in [4.69, 9.17) is 5.11 Å². The number of nitrogens with one attached hydrogen (secondary N) is 2. The maximum atomic E-state index is 11.7. The van der Waals surface area contributed by atoms with Gasteiger partial charge in [-0.15, -0.1) is 0 Å². The summed E-state index contributed by atoms with van der Waals surface area (Å²) in [6.07, 6.45) is 1.89. The average Bonchev–Trinajstić information content (AvgIpc) is 2.76. The number of aryl methyl sites for hydroxylation is 2. The summed E-state index contributed by atoms with van der Waals surface area (Å²) in [7, 11) is 0. The second-order valence-corrected chi connectivity index (χ2v) is 4.12. The van der Waals surface area contributed by atoms with Crippen LogP contribution in [0.15, 0.2) is 9.59 Å². The third kappa shape index (κ3) is 2.21. The van der Waals surface area contributed by atoms with Crippen LogP contribution in [0.5, 0.6) is 0 Å². The number of aliphatic hydroxyl groups excluding tert-OH is 1. The van der Waals surface area contributed by atoms with Crippen LogP contribution in [0.4, 0.5) is 0 Å². The zero-order valence-corrected chi connectivity index (χ0v) is 10.2. The molecule has 3 N–H and O–H groups in total. The zero-order chi connectivity index (χ0) is 13.1. The van der Waals surface area contributed by atoms with Gasteiger partial charge < -0.3 is 10.1 Å². The maximum absolute atomic E-state index is 11.7. The van der Waals surface area contributed by atoms with Crippen molar-refractivity contribution < 1.29 is 5.11 Å². The van der Waals surface area contributed by atoms with Crippen molar-refractivity contribution in [2.75, 3.05) is 6.61 Å². The van der Waals surface area contributed by atoms with Crippen LogP contribution in [0.3, 0.4) is 0 Å². The van der Waals surface area contributed by atoms with Gasteiger partial charge in [0, 0.05) is 19.6 Å². The molecule has 2 aromatic heterocycles. The number of aromatic nitrogens is 4. The Bertz CT molecular complexity index is 652. The van der Waals surface area contributed by atoms with Gasteiger partial charge in [-0.25, -0.2) is 9.78 Å². The Morgan fingerprint density at radius 2 is 2.11 bits per heavy atom. The van der Waals surface area contributed by atoms with Crippen molar-refractivity contribution in [3.05, 3.63) is 26.7 Å². The molecule has 7 heteroatoms. The van der Waals surface area contributed by atoms with Crippen LogP contribution in [-0.2, 0) is 13.0 Å². The molecule has 0 fully saturated rings. The van der Waals surface area contributed by atoms with E-state index in [2.05, 4.69) is 15.0 Å². The molecule has 0 saturated heterocycles. The molecule has 0 aliphatic carbocycles. The van der Waals surface area contributed by atoms with Crippen LogP contribution in [0.2, 0.25) is 0 Å². The summed E-state index contributed by atoms with van der Waals surface area (Å²) in [5.41, 5.74) is -0.186. The van der Waals surface area contributed by atoms with E-state index in [1.807, 2.05) is 6.92 Å². The van der Waals surface area contributed by atoms with Crippen LogP contribution < -0.4 is 11.2 Å². The Balaban J connectivity index is 2.58. The summed E-state index contributed by atoms with van der Waals surface area (Å²) in [6.45, 7) is 2.52. The van der Waals surface area contributed by atoms with Crippen molar-refractivity contribution in [3.8, 4) is 0 Å². The highest BCUT2D eigenvalue weighted by atomic mass is 16.3. The van der Waals surface area contributed by atoms with Gasteiger partial charge in [0.05, 0.1) is 0 Å². The van der Waals surface area contributed by atoms with Crippen molar-refractivity contribution in [1.29, 1.82) is 0 Å². The molecule has 0 spiro atoms. The predicted molar refractivity (Wildman–Crippen MR) is 66.7 cm³/mol. The number of rotatable bonds is 5. The SMILES string of the molecule is CCCn1c(=O)[nH]c(=O)c2[nH]c(CCCO)nc21. The Labute approximate surface area is 102 Å². The molecule has 18 heavy (non-hydrogen) atoms. The second kappa shape index (κ2) is 5.18. The summed E-state index contributed by atoms with van der Waals surface area (Å²) >= 11 is 0. The smallest absolute Gasteiger partial charge is 0.330 e. The van der Waals surface area contributed by atoms with E-state index in [0.717, 1.165) is 6.42 Å². The Morgan fingerprint density at radius 3 is 2.78 bits per heavy atom. The lowest BCUT2D eigenvalue weighted by Crippen LogP contribution is -2.30. The number of nitrogens with zero attached hydrogens (tertiary/aromatic N) is 2. The first-order valence-corrected chi connectivity index (χ1v) is 6.00. The molecule has 0 radical (unpaired) electrons. The molecule has 7 nitrogen and oxygen atoms in total. The molecule has 0 amide bonds. The lowest BCUT2D eigenvalue weighted by atomic mass is 10.3. The van der Waals surface area contributed by atoms with Gasteiger partial charge in [0.1, 0.15) is 11.3 Å². The number of hydrogen-bond acceptors (Lipinski definition) is 4. The Hall–Kier alpha value is -1.89. The van der Waals surface area contributed by atoms with Crippen LogP contribution in [0.25, 0.3) is 11.2 Å². The van der Waals surface area contributed by atoms with Crippen molar-refractivity contribution in [2.45, 2.75) is 32.7 Å². The number of aliphatic hydroxyl groups is 1. The molecule has 0 bridgehead atoms. The molecule has 2 aromatic rings. The van der Waals surface area contributed by atoms with E-state index in [-0.39, 0.29) is 6.61 Å². The standard InChI is InChI=1S/C11H16N4O3/c1-2-5-15-9-8(10(17)14-11(15)18)12-7(13-9)4-3-6-16/h16H,2-6H2,1H3,(H,12,13)(H,14,17,18). The molecule has 0 saturated carbocycles. The summed E-state index contributed by atoms with van der Waals surface area (Å²) in [6, 6.07) is 0. The van der Waals surface area contributed by atoms with Crippen LogP contribution in [-0.4, -0.2) is 31.2 Å². The molecular weight excluding hydrogens is 236 g/mol. The fraction of sp³-hybridized carbons (Fsp3) is 0.545. The van der Waals surface area contributed by atoms with Crippen molar-refractivity contribution in [1.82, 2.24) is 19.5 Å². The summed E-state index contributed by atoms with van der Waals surface area (Å²) in [5.74, 6) is 0.611. The largest absolute Gasteiger partial charge is 0.396 e. The molecule has 0 aromatic carbocycles. The summed E-state index contributed by atoms with van der Waals surface area (Å²) in [5, 5.41) is 8.78. The summed E-state index contributed by atoms with van der Waals surface area (Å²) in [4.78, 5) is 32.8. The topological polar surface area (TPSA) is 104 Å². The van der Waals surface area contributed by atoms with Crippen LogP contribution >= 0.6 is 0 Å². The molecule has 2 heterocycles. The number of imidazole rings is 1. The van der Waals surface area contributed by atoms with Gasteiger partial charge in [0.2, 0.25) is 0 Å². The van der Waals surface area contributed by atoms with Gasteiger partial charge in [-0.1, -0.05) is 6.92 Å². The maximum Gasteiger partial charge on any atom is 0.330 e. The van der Waals surface area contributed by atoms with Gasteiger partial charge >= 0.3 is 5.69 Å². The quantitative estimate of drug-likeness (QED) is 0.682. The normalized spacial score (nSPS) is 11.2. The number of hydrogen-bond donors (Lipinski definition) is 3. The fourth-order valence-corrected chi connectivity index (χ4v) is 1.88. The van der Waals surface area contributed by atoms with E-state index in [1.54, 1.807) is 0 Å². The molecule has 0 unspecified atom stereocenters. The molecule has 0 aliphatic heterocycles. The highest BCUT2D eigenvalue weighted by Gasteiger charge is 2.11. The molecular formula is C11H16N4O3. The zero-order valence-electron chi connectivity index (χ0n) is 10.2. The monoisotopic (exact) mass is 252 g/mol. The van der Waals surface area contributed by atoms with E-state index < -0.39 is 11.2 Å². The minimum atomic E-state index is -0.454. The third-order valence-electron chi connectivity index (χ3n) is 2.70. The first kappa shape index (κ1) is 12.6. The van der Waals surface area contributed by atoms with Gasteiger partial charge in [-0.3, -0.25) is 14.3 Å². The lowest BCUT2D eigenvalue weighted by Gasteiger charge is -2.02. The Morgan fingerprint density at radius 1 is 1.33 bits per heavy atom. The fourth-order valence-electron chi connectivity index (χ4n) is 1.88. The minimum absolute atomic E-state index is 0.0647. The molecule has 0 aliphatic rings. The lowest BCUT2D eigenvalue weighted by molar-refractivity contribution is 0.287. The highest BCUT2D eigenvalue weighted by Crippen LogP contribution is 2.07. The van der Waals surface area contributed by atoms with Gasteiger partial charge in [0.15, 0.2) is 5.65 Å². The predicted octanol–water partition coefficient (Wildman–Crippen LogP) is -0.252. The number of fused-ring (bicyclic) bond motifs is 1. The first-order valence-electron chi connectivity index (χ1n) is 6.00. The van der Waals surface area contributed by atoms with Gasteiger partial charge in [0.25, 0.3) is 5.56 Å². The van der Waals surface area contributed by atoms with Crippen LogP contribution in [0, 0.1) is 0 Å². The minimum Gasteiger partial charge on any atom is -0.396 e. The van der Waals surface area contributed by atoms with Crippen molar-refractivity contribution in [2.24, 2.45) is 0 Å². The highest BCUT2D eigenvalue weighted by molar-refractivity contribution is 5.69. The van der Waals surface area contributed by atoms with Crippen LogP contribution in [0.1, 0.15) is 25.6 Å². The van der Waals surface area contributed by atoms with Crippen molar-refractivity contribution >= 4 is 11.2 Å². The Kier molecular flexibility index (Phi) is 3.61. The van der Waals surface area contributed by atoms with Gasteiger partial charge in [-0.2, -0.15) is 0 Å².